The molecule has 2 aromatic rings. The van der Waals surface area contributed by atoms with Gasteiger partial charge in [-0.1, -0.05) is 73.8 Å². The summed E-state index contributed by atoms with van der Waals surface area (Å²) in [5, 5.41) is 10.9. The molecule has 2 aromatic carbocycles. The van der Waals surface area contributed by atoms with Crippen molar-refractivity contribution in [1.82, 2.24) is 14.9 Å². The highest BCUT2D eigenvalue weighted by Gasteiger charge is 2.31. The largest absolute Gasteiger partial charge is 0.340 e. The first-order valence-corrected chi connectivity index (χ1v) is 11.6. The van der Waals surface area contributed by atoms with E-state index in [0.717, 1.165) is 25.9 Å². The van der Waals surface area contributed by atoms with Crippen LogP contribution in [0.3, 0.4) is 0 Å². The molecule has 1 N–H and O–H groups in total. The number of hydroxylamine groups is 2. The summed E-state index contributed by atoms with van der Waals surface area (Å²) in [5.74, 6) is -0.361. The van der Waals surface area contributed by atoms with Crippen molar-refractivity contribution in [3.05, 3.63) is 70.7 Å². The number of benzene rings is 2. The van der Waals surface area contributed by atoms with Crippen LogP contribution in [0, 0.1) is 5.92 Å². The number of amides is 2. The smallest absolute Gasteiger partial charge is 0.233 e. The van der Waals surface area contributed by atoms with Gasteiger partial charge in [0.25, 0.3) is 0 Å². The summed E-state index contributed by atoms with van der Waals surface area (Å²) in [7, 11) is 0. The van der Waals surface area contributed by atoms with Gasteiger partial charge in [0.2, 0.25) is 12.3 Å². The third kappa shape index (κ3) is 6.31. The molecule has 2 amide bonds. The minimum Gasteiger partial charge on any atom is -0.340 e. The summed E-state index contributed by atoms with van der Waals surface area (Å²) in [6.45, 7) is 4.82. The number of nitrogens with zero attached hydrogens (tertiary/aromatic N) is 3. The van der Waals surface area contributed by atoms with Crippen LogP contribution in [0.25, 0.3) is 0 Å². The Hall–Kier alpha value is -2.41. The van der Waals surface area contributed by atoms with E-state index in [2.05, 4.69) is 36.1 Å². The number of hydrogen-bond donors (Lipinski definition) is 1. The van der Waals surface area contributed by atoms with E-state index in [1.807, 2.05) is 35.2 Å². The van der Waals surface area contributed by atoms with Crippen LogP contribution in [0.2, 0.25) is 5.02 Å². The van der Waals surface area contributed by atoms with Crippen LogP contribution < -0.4 is 0 Å². The van der Waals surface area contributed by atoms with E-state index in [1.165, 1.54) is 11.1 Å². The van der Waals surface area contributed by atoms with Gasteiger partial charge in [0.1, 0.15) is 0 Å². The zero-order chi connectivity index (χ0) is 22.9. The SMILES string of the molecule is CCCC[C@H](CN(O)C=O)C(=O)N1CCN(C(c2ccccc2)c2ccc(Cl)cc2)CC1. The van der Waals surface area contributed by atoms with Gasteiger partial charge in [0.05, 0.1) is 18.5 Å². The molecule has 0 saturated carbocycles. The van der Waals surface area contributed by atoms with Gasteiger partial charge >= 0.3 is 0 Å². The average Bonchev–Trinajstić information content (AvgIpc) is 2.83. The highest BCUT2D eigenvalue weighted by molar-refractivity contribution is 6.30. The van der Waals surface area contributed by atoms with Crippen LogP contribution in [-0.4, -0.2) is 65.1 Å². The van der Waals surface area contributed by atoms with Gasteiger partial charge in [-0.3, -0.25) is 19.7 Å². The fourth-order valence-electron chi connectivity index (χ4n) is 4.37. The summed E-state index contributed by atoms with van der Waals surface area (Å²) < 4.78 is 0. The highest BCUT2D eigenvalue weighted by atomic mass is 35.5. The number of rotatable bonds is 10. The number of piperazine rings is 1. The monoisotopic (exact) mass is 457 g/mol. The molecule has 1 unspecified atom stereocenters. The van der Waals surface area contributed by atoms with E-state index in [-0.39, 0.29) is 24.4 Å². The molecule has 2 atom stereocenters. The Balaban J connectivity index is 1.71. The molecule has 0 radical (unpaired) electrons. The van der Waals surface area contributed by atoms with Gasteiger partial charge in [-0.2, -0.15) is 0 Å². The van der Waals surface area contributed by atoms with E-state index in [0.29, 0.717) is 36.0 Å². The molecule has 1 aliphatic rings. The van der Waals surface area contributed by atoms with Crippen molar-refractivity contribution in [2.45, 2.75) is 32.2 Å². The number of carbonyl (C=O) groups is 2. The zero-order valence-corrected chi connectivity index (χ0v) is 19.3. The van der Waals surface area contributed by atoms with Crippen molar-refractivity contribution in [3.63, 3.8) is 0 Å². The lowest BCUT2D eigenvalue weighted by Crippen LogP contribution is -2.52. The van der Waals surface area contributed by atoms with E-state index in [9.17, 15) is 14.8 Å². The molecule has 7 heteroatoms. The lowest BCUT2D eigenvalue weighted by molar-refractivity contribution is -0.157. The van der Waals surface area contributed by atoms with E-state index >= 15 is 0 Å². The van der Waals surface area contributed by atoms with Crippen molar-refractivity contribution in [1.29, 1.82) is 0 Å². The van der Waals surface area contributed by atoms with Crippen LogP contribution >= 0.6 is 11.6 Å². The van der Waals surface area contributed by atoms with E-state index < -0.39 is 0 Å². The number of carbonyl (C=O) groups excluding carboxylic acids is 2. The summed E-state index contributed by atoms with van der Waals surface area (Å²) >= 11 is 6.11. The molecular formula is C25H32ClN3O3. The van der Waals surface area contributed by atoms with Crippen LogP contribution in [0.1, 0.15) is 43.4 Å². The first-order chi connectivity index (χ1) is 15.5. The number of hydrogen-bond acceptors (Lipinski definition) is 4. The first kappa shape index (κ1) is 24.2. The Labute approximate surface area is 195 Å². The van der Waals surface area contributed by atoms with Crippen LogP contribution in [0.4, 0.5) is 0 Å². The first-order valence-electron chi connectivity index (χ1n) is 11.3. The molecule has 1 aliphatic heterocycles. The Bertz CT molecular complexity index is 854. The van der Waals surface area contributed by atoms with Crippen LogP contribution in [0.15, 0.2) is 54.6 Å². The molecule has 3 rings (SSSR count). The molecule has 0 bridgehead atoms. The fraction of sp³-hybridized carbons (Fsp3) is 0.440. The molecule has 172 valence electrons. The van der Waals surface area contributed by atoms with Crippen molar-refractivity contribution < 1.29 is 14.8 Å². The van der Waals surface area contributed by atoms with Gasteiger partial charge in [-0.25, -0.2) is 5.06 Å². The molecule has 6 nitrogen and oxygen atoms in total. The zero-order valence-electron chi connectivity index (χ0n) is 18.6. The van der Waals surface area contributed by atoms with Crippen LogP contribution in [0.5, 0.6) is 0 Å². The summed E-state index contributed by atoms with van der Waals surface area (Å²) in [5.41, 5.74) is 2.38. The number of unbranched alkanes of at least 4 members (excludes halogenated alkanes) is 1. The predicted octanol–water partition coefficient (Wildman–Crippen LogP) is 4.23. The van der Waals surface area contributed by atoms with Gasteiger partial charge in [-0.15, -0.1) is 0 Å². The van der Waals surface area contributed by atoms with Gasteiger partial charge in [0.15, 0.2) is 0 Å². The Morgan fingerprint density at radius 1 is 1.06 bits per heavy atom. The number of halogens is 1. The maximum Gasteiger partial charge on any atom is 0.233 e. The quantitative estimate of drug-likeness (QED) is 0.329. The molecule has 0 aliphatic carbocycles. The fourth-order valence-corrected chi connectivity index (χ4v) is 4.49. The molecule has 0 aromatic heterocycles. The van der Waals surface area contributed by atoms with Crippen molar-refractivity contribution in [3.8, 4) is 0 Å². The van der Waals surface area contributed by atoms with Gasteiger partial charge < -0.3 is 4.90 Å². The summed E-state index contributed by atoms with van der Waals surface area (Å²) in [4.78, 5) is 28.3. The van der Waals surface area contributed by atoms with Crippen molar-refractivity contribution in [2.75, 3.05) is 32.7 Å². The van der Waals surface area contributed by atoms with E-state index in [1.54, 1.807) is 0 Å². The second-order valence-electron chi connectivity index (χ2n) is 8.29. The second-order valence-corrected chi connectivity index (χ2v) is 8.73. The Morgan fingerprint density at radius 2 is 1.69 bits per heavy atom. The Kier molecular flexibility index (Phi) is 9.09. The summed E-state index contributed by atoms with van der Waals surface area (Å²) in [6, 6.07) is 18.4. The van der Waals surface area contributed by atoms with Gasteiger partial charge in [0, 0.05) is 31.2 Å². The topological polar surface area (TPSA) is 64.1 Å². The van der Waals surface area contributed by atoms with Crippen molar-refractivity contribution >= 4 is 23.9 Å². The summed E-state index contributed by atoms with van der Waals surface area (Å²) in [6.07, 6.45) is 2.87. The molecule has 32 heavy (non-hydrogen) atoms. The molecule has 1 saturated heterocycles. The lowest BCUT2D eigenvalue weighted by Gasteiger charge is -2.41. The predicted molar refractivity (Wildman–Crippen MR) is 125 cm³/mol. The maximum atomic E-state index is 13.1. The van der Waals surface area contributed by atoms with Crippen molar-refractivity contribution in [2.24, 2.45) is 5.92 Å². The van der Waals surface area contributed by atoms with Crippen LogP contribution in [-0.2, 0) is 9.59 Å². The minimum atomic E-state index is -0.377. The van der Waals surface area contributed by atoms with Gasteiger partial charge in [-0.05, 0) is 29.7 Å². The third-order valence-corrected chi connectivity index (χ3v) is 6.33. The maximum absolute atomic E-state index is 13.1. The second kappa shape index (κ2) is 12.0. The molecular weight excluding hydrogens is 426 g/mol. The highest BCUT2D eigenvalue weighted by Crippen LogP contribution is 2.30. The Morgan fingerprint density at radius 3 is 2.28 bits per heavy atom. The lowest BCUT2D eigenvalue weighted by atomic mass is 9.96. The normalized spacial score (nSPS) is 16.4. The average molecular weight is 458 g/mol. The molecule has 0 spiro atoms. The molecule has 1 fully saturated rings. The standard InChI is InChI=1S/C25H32ClN3O3/c1-2-3-7-22(18-29(32)19-30)25(31)28-16-14-27(15-17-28)24(20-8-5-4-6-9-20)21-10-12-23(26)13-11-21/h4-6,8-13,19,22,24,32H,2-3,7,14-18H2,1H3/t22-,24?/m1/s1. The third-order valence-electron chi connectivity index (χ3n) is 6.08. The minimum absolute atomic E-state index is 0.0155. The van der Waals surface area contributed by atoms with E-state index in [4.69, 9.17) is 11.6 Å². The molecule has 1 heterocycles.